The Bertz CT molecular complexity index is 638. The van der Waals surface area contributed by atoms with E-state index < -0.39 is 10.0 Å². The van der Waals surface area contributed by atoms with Gasteiger partial charge in [-0.25, -0.2) is 8.42 Å². The fraction of sp³-hybridized carbons (Fsp3) is 0.588. The molecule has 0 unspecified atom stereocenters. The molecule has 1 fully saturated rings. The summed E-state index contributed by atoms with van der Waals surface area (Å²) in [5.41, 5.74) is 1.18. The summed E-state index contributed by atoms with van der Waals surface area (Å²) in [4.78, 5) is 16.5. The second-order valence-electron chi connectivity index (χ2n) is 6.53. The second-order valence-corrected chi connectivity index (χ2v) is 8.51. The summed E-state index contributed by atoms with van der Waals surface area (Å²) in [6.45, 7) is 6.93. The average molecular weight is 353 g/mol. The van der Waals surface area contributed by atoms with Crippen molar-refractivity contribution in [3.05, 3.63) is 35.9 Å². The first kappa shape index (κ1) is 18.9. The minimum atomic E-state index is -3.17. The first-order valence-corrected chi connectivity index (χ1v) is 10.1. The highest BCUT2D eigenvalue weighted by Crippen LogP contribution is 2.11. The lowest BCUT2D eigenvalue weighted by atomic mass is 10.2. The Kier molecular flexibility index (Phi) is 6.37. The smallest absolute Gasteiger partial charge is 0.236 e. The Morgan fingerprint density at radius 3 is 2.21 bits per heavy atom. The Labute approximate surface area is 145 Å². The van der Waals surface area contributed by atoms with Gasteiger partial charge in [-0.1, -0.05) is 30.3 Å². The van der Waals surface area contributed by atoms with Crippen LogP contribution in [0.15, 0.2) is 30.3 Å². The van der Waals surface area contributed by atoms with E-state index in [1.807, 2.05) is 18.2 Å². The van der Waals surface area contributed by atoms with Crippen molar-refractivity contribution in [1.82, 2.24) is 14.1 Å². The molecular formula is C17H27N3O3S. The van der Waals surface area contributed by atoms with Crippen LogP contribution in [0.2, 0.25) is 0 Å². The van der Waals surface area contributed by atoms with Gasteiger partial charge in [0.2, 0.25) is 15.9 Å². The fourth-order valence-corrected chi connectivity index (χ4v) is 3.61. The van der Waals surface area contributed by atoms with Crippen molar-refractivity contribution < 1.29 is 13.2 Å². The van der Waals surface area contributed by atoms with Gasteiger partial charge < -0.3 is 4.90 Å². The maximum atomic E-state index is 12.6. The van der Waals surface area contributed by atoms with Crippen LogP contribution >= 0.6 is 0 Å². The highest BCUT2D eigenvalue weighted by molar-refractivity contribution is 7.88. The monoisotopic (exact) mass is 353 g/mol. The number of carbonyl (C=O) groups excluding carboxylic acids is 1. The van der Waals surface area contributed by atoms with Crippen molar-refractivity contribution in [3.63, 3.8) is 0 Å². The van der Waals surface area contributed by atoms with Crippen LogP contribution in [0.1, 0.15) is 19.4 Å². The SMILES string of the molecule is CC(C)N(CC(=O)N1CCN(S(C)(=O)=O)CC1)Cc1ccccc1. The third-order valence-corrected chi connectivity index (χ3v) is 5.66. The molecule has 1 heterocycles. The lowest BCUT2D eigenvalue weighted by molar-refractivity contribution is -0.134. The first-order valence-electron chi connectivity index (χ1n) is 8.28. The quantitative estimate of drug-likeness (QED) is 0.766. The Morgan fingerprint density at radius 1 is 1.12 bits per heavy atom. The number of nitrogens with zero attached hydrogens (tertiary/aromatic N) is 3. The predicted molar refractivity (Wildman–Crippen MR) is 95.0 cm³/mol. The highest BCUT2D eigenvalue weighted by atomic mass is 32.2. The Balaban J connectivity index is 1.92. The molecule has 1 aliphatic heterocycles. The Hall–Kier alpha value is -1.44. The summed E-state index contributed by atoms with van der Waals surface area (Å²) in [5.74, 6) is 0.0628. The number of hydrogen-bond acceptors (Lipinski definition) is 4. The number of hydrogen-bond donors (Lipinski definition) is 0. The molecule has 0 aliphatic carbocycles. The molecule has 2 rings (SSSR count). The molecule has 1 saturated heterocycles. The molecule has 7 heteroatoms. The molecule has 24 heavy (non-hydrogen) atoms. The molecule has 6 nitrogen and oxygen atoms in total. The lowest BCUT2D eigenvalue weighted by Crippen LogP contribution is -2.52. The van der Waals surface area contributed by atoms with Crippen molar-refractivity contribution >= 4 is 15.9 Å². The number of amides is 1. The third-order valence-electron chi connectivity index (χ3n) is 4.36. The zero-order valence-corrected chi connectivity index (χ0v) is 15.5. The largest absolute Gasteiger partial charge is 0.339 e. The molecule has 1 aliphatic rings. The number of benzene rings is 1. The first-order chi connectivity index (χ1) is 11.3. The van der Waals surface area contributed by atoms with Gasteiger partial charge >= 0.3 is 0 Å². The minimum absolute atomic E-state index is 0.0628. The number of rotatable bonds is 6. The van der Waals surface area contributed by atoms with E-state index in [0.717, 1.165) is 6.54 Å². The minimum Gasteiger partial charge on any atom is -0.339 e. The summed E-state index contributed by atoms with van der Waals surface area (Å²) < 4.78 is 24.5. The molecule has 1 aromatic rings. The number of carbonyl (C=O) groups is 1. The Morgan fingerprint density at radius 2 is 1.71 bits per heavy atom. The van der Waals surface area contributed by atoms with Crippen LogP contribution in [0.4, 0.5) is 0 Å². The summed E-state index contributed by atoms with van der Waals surface area (Å²) in [6, 6.07) is 10.4. The standard InChI is InChI=1S/C17H27N3O3S/c1-15(2)19(13-16-7-5-4-6-8-16)14-17(21)18-9-11-20(12-10-18)24(3,22)23/h4-8,15H,9-14H2,1-3H3. The average Bonchev–Trinajstić information content (AvgIpc) is 2.54. The van der Waals surface area contributed by atoms with E-state index in [-0.39, 0.29) is 11.9 Å². The third kappa shape index (κ3) is 5.29. The van der Waals surface area contributed by atoms with Crippen molar-refractivity contribution in [1.29, 1.82) is 0 Å². The van der Waals surface area contributed by atoms with Gasteiger partial charge in [0.25, 0.3) is 0 Å². The molecule has 0 radical (unpaired) electrons. The zero-order chi connectivity index (χ0) is 17.7. The van der Waals surface area contributed by atoms with Crippen molar-refractivity contribution in [2.24, 2.45) is 0 Å². The molecule has 0 bridgehead atoms. The summed E-state index contributed by atoms with van der Waals surface area (Å²) in [5, 5.41) is 0. The van der Waals surface area contributed by atoms with E-state index >= 15 is 0 Å². The van der Waals surface area contributed by atoms with Crippen LogP contribution in [0, 0.1) is 0 Å². The van der Waals surface area contributed by atoms with Crippen LogP contribution in [0.25, 0.3) is 0 Å². The van der Waals surface area contributed by atoms with Crippen LogP contribution in [-0.4, -0.2) is 73.5 Å². The van der Waals surface area contributed by atoms with E-state index in [2.05, 4.69) is 30.9 Å². The van der Waals surface area contributed by atoms with Crippen LogP contribution in [0.3, 0.4) is 0 Å². The fourth-order valence-electron chi connectivity index (χ4n) is 2.78. The molecule has 1 amide bonds. The van der Waals surface area contributed by atoms with Crippen LogP contribution in [-0.2, 0) is 21.4 Å². The molecule has 134 valence electrons. The van der Waals surface area contributed by atoms with Gasteiger partial charge in [-0.3, -0.25) is 9.69 Å². The molecule has 1 aromatic carbocycles. The van der Waals surface area contributed by atoms with Gasteiger partial charge in [-0.15, -0.1) is 0 Å². The van der Waals surface area contributed by atoms with Crippen molar-refractivity contribution in [2.45, 2.75) is 26.4 Å². The van der Waals surface area contributed by atoms with Gasteiger partial charge in [-0.05, 0) is 19.4 Å². The van der Waals surface area contributed by atoms with Crippen molar-refractivity contribution in [3.8, 4) is 0 Å². The molecule has 0 aromatic heterocycles. The van der Waals surface area contributed by atoms with Crippen LogP contribution < -0.4 is 0 Å². The highest BCUT2D eigenvalue weighted by Gasteiger charge is 2.27. The van der Waals surface area contributed by atoms with E-state index in [1.165, 1.54) is 16.1 Å². The normalized spacial score (nSPS) is 16.8. The van der Waals surface area contributed by atoms with Gasteiger partial charge in [-0.2, -0.15) is 4.31 Å². The topological polar surface area (TPSA) is 60.9 Å². The molecule has 0 N–H and O–H groups in total. The lowest BCUT2D eigenvalue weighted by Gasteiger charge is -2.35. The summed E-state index contributed by atoms with van der Waals surface area (Å²) in [6.07, 6.45) is 1.21. The van der Waals surface area contributed by atoms with Crippen LogP contribution in [0.5, 0.6) is 0 Å². The van der Waals surface area contributed by atoms with Gasteiger partial charge in [0.05, 0.1) is 12.8 Å². The van der Waals surface area contributed by atoms with E-state index in [0.29, 0.717) is 32.7 Å². The molecular weight excluding hydrogens is 326 g/mol. The molecule has 0 atom stereocenters. The number of sulfonamides is 1. The van der Waals surface area contributed by atoms with E-state index in [4.69, 9.17) is 0 Å². The maximum Gasteiger partial charge on any atom is 0.236 e. The zero-order valence-electron chi connectivity index (χ0n) is 14.7. The number of piperazine rings is 1. The van der Waals surface area contributed by atoms with E-state index in [1.54, 1.807) is 4.90 Å². The second kappa shape index (κ2) is 8.09. The van der Waals surface area contributed by atoms with Crippen molar-refractivity contribution in [2.75, 3.05) is 39.0 Å². The molecule has 0 spiro atoms. The predicted octanol–water partition coefficient (Wildman–Crippen LogP) is 1.00. The van der Waals surface area contributed by atoms with Gasteiger partial charge in [0.1, 0.15) is 0 Å². The van der Waals surface area contributed by atoms with Gasteiger partial charge in [0.15, 0.2) is 0 Å². The maximum absolute atomic E-state index is 12.6. The summed E-state index contributed by atoms with van der Waals surface area (Å²) in [7, 11) is -3.17. The van der Waals surface area contributed by atoms with Gasteiger partial charge in [0, 0.05) is 38.8 Å². The summed E-state index contributed by atoms with van der Waals surface area (Å²) >= 11 is 0. The van der Waals surface area contributed by atoms with E-state index in [9.17, 15) is 13.2 Å². The molecule has 0 saturated carbocycles.